The lowest BCUT2D eigenvalue weighted by atomic mass is 10.1. The number of benzene rings is 1. The fraction of sp³-hybridized carbons (Fsp3) is 0.500. The number of hydrogen-bond acceptors (Lipinski definition) is 3. The third-order valence-electron chi connectivity index (χ3n) is 3.28. The zero-order valence-corrected chi connectivity index (χ0v) is 11.0. The zero-order valence-electron chi connectivity index (χ0n) is 11.0. The van der Waals surface area contributed by atoms with Gasteiger partial charge in [-0.25, -0.2) is 9.18 Å². The lowest BCUT2D eigenvalue weighted by molar-refractivity contribution is 0.0959. The van der Waals surface area contributed by atoms with Gasteiger partial charge in [-0.05, 0) is 5.56 Å². The second kappa shape index (κ2) is 6.52. The van der Waals surface area contributed by atoms with Crippen molar-refractivity contribution in [2.24, 2.45) is 5.92 Å². The summed E-state index contributed by atoms with van der Waals surface area (Å²) in [6, 6.07) is 9.49. The number of hydrogen-bond donors (Lipinski definition) is 1. The number of rotatable bonds is 4. The quantitative estimate of drug-likeness (QED) is 0.903. The molecule has 0 radical (unpaired) electrons. The smallest absolute Gasteiger partial charge is 0.409 e. The van der Waals surface area contributed by atoms with E-state index in [1.54, 1.807) is 7.05 Å². The molecule has 1 aliphatic rings. The van der Waals surface area contributed by atoms with Gasteiger partial charge in [0.05, 0.1) is 0 Å². The van der Waals surface area contributed by atoms with Crippen molar-refractivity contribution in [2.75, 3.05) is 26.7 Å². The average Bonchev–Trinajstić information content (AvgIpc) is 2.82. The fourth-order valence-corrected chi connectivity index (χ4v) is 2.14. The van der Waals surface area contributed by atoms with Crippen LogP contribution in [0.5, 0.6) is 0 Å². The van der Waals surface area contributed by atoms with Crippen molar-refractivity contribution in [1.29, 1.82) is 0 Å². The van der Waals surface area contributed by atoms with Gasteiger partial charge >= 0.3 is 6.09 Å². The maximum Gasteiger partial charge on any atom is 0.409 e. The van der Waals surface area contributed by atoms with Crippen LogP contribution in [0.3, 0.4) is 0 Å². The highest BCUT2D eigenvalue weighted by Gasteiger charge is 2.29. The Morgan fingerprint density at radius 1 is 1.42 bits per heavy atom. The Bertz CT molecular complexity index is 413. The van der Waals surface area contributed by atoms with Crippen LogP contribution in [-0.4, -0.2) is 43.8 Å². The van der Waals surface area contributed by atoms with E-state index in [9.17, 15) is 9.18 Å². The molecule has 0 aromatic heterocycles. The Kier molecular flexibility index (Phi) is 4.74. The SMILES string of the molecule is CN(C[C@@H]1CNC[C@@H]1F)C(=O)OCc1ccccc1. The monoisotopic (exact) mass is 266 g/mol. The van der Waals surface area contributed by atoms with Crippen molar-refractivity contribution >= 4 is 6.09 Å². The second-order valence-corrected chi connectivity index (χ2v) is 4.86. The highest BCUT2D eigenvalue weighted by molar-refractivity contribution is 5.67. The summed E-state index contributed by atoms with van der Waals surface area (Å²) in [4.78, 5) is 13.2. The maximum absolute atomic E-state index is 13.4. The van der Waals surface area contributed by atoms with Gasteiger partial charge in [0.15, 0.2) is 0 Å². The summed E-state index contributed by atoms with van der Waals surface area (Å²) in [6.07, 6.45) is -1.30. The van der Waals surface area contributed by atoms with Gasteiger partial charge < -0.3 is 15.0 Å². The summed E-state index contributed by atoms with van der Waals surface area (Å²) in [6.45, 7) is 1.60. The maximum atomic E-state index is 13.4. The van der Waals surface area contributed by atoms with Gasteiger partial charge in [-0.1, -0.05) is 30.3 Å². The van der Waals surface area contributed by atoms with Crippen LogP contribution in [-0.2, 0) is 11.3 Å². The lowest BCUT2D eigenvalue weighted by Crippen LogP contribution is -2.35. The van der Waals surface area contributed by atoms with E-state index in [-0.39, 0.29) is 12.5 Å². The Labute approximate surface area is 112 Å². The molecule has 0 unspecified atom stereocenters. The van der Waals surface area contributed by atoms with Crippen LogP contribution >= 0.6 is 0 Å². The highest BCUT2D eigenvalue weighted by Crippen LogP contribution is 2.14. The highest BCUT2D eigenvalue weighted by atomic mass is 19.1. The van der Waals surface area contributed by atoms with Crippen LogP contribution in [0.1, 0.15) is 5.56 Å². The summed E-state index contributed by atoms with van der Waals surface area (Å²) >= 11 is 0. The molecule has 0 spiro atoms. The van der Waals surface area contributed by atoms with Gasteiger partial charge in [0, 0.05) is 32.6 Å². The minimum atomic E-state index is -0.885. The van der Waals surface area contributed by atoms with Crippen LogP contribution in [0.2, 0.25) is 0 Å². The molecule has 1 aromatic rings. The molecule has 1 saturated heterocycles. The number of carbonyl (C=O) groups excluding carboxylic acids is 1. The van der Waals surface area contributed by atoms with E-state index in [1.165, 1.54) is 4.90 Å². The first-order valence-corrected chi connectivity index (χ1v) is 6.43. The molecule has 1 aliphatic heterocycles. The topological polar surface area (TPSA) is 41.6 Å². The average molecular weight is 266 g/mol. The molecule has 5 heteroatoms. The number of nitrogens with zero attached hydrogens (tertiary/aromatic N) is 1. The fourth-order valence-electron chi connectivity index (χ4n) is 2.14. The van der Waals surface area contributed by atoms with Crippen LogP contribution in [0.4, 0.5) is 9.18 Å². The van der Waals surface area contributed by atoms with Crippen molar-refractivity contribution in [1.82, 2.24) is 10.2 Å². The summed E-state index contributed by atoms with van der Waals surface area (Å²) in [5.74, 6) is -0.144. The summed E-state index contributed by atoms with van der Waals surface area (Å²) < 4.78 is 18.6. The molecule has 0 bridgehead atoms. The molecule has 1 aromatic carbocycles. The van der Waals surface area contributed by atoms with E-state index >= 15 is 0 Å². The molecule has 0 aliphatic carbocycles. The lowest BCUT2D eigenvalue weighted by Gasteiger charge is -2.21. The minimum Gasteiger partial charge on any atom is -0.445 e. The van der Waals surface area contributed by atoms with Gasteiger partial charge in [-0.2, -0.15) is 0 Å². The molecule has 2 atom stereocenters. The Morgan fingerprint density at radius 2 is 2.16 bits per heavy atom. The molecular formula is C14H19FN2O2. The van der Waals surface area contributed by atoms with Crippen molar-refractivity contribution in [3.63, 3.8) is 0 Å². The first kappa shape index (κ1) is 13.8. The second-order valence-electron chi connectivity index (χ2n) is 4.86. The van der Waals surface area contributed by atoms with E-state index in [0.29, 0.717) is 19.6 Å². The van der Waals surface area contributed by atoms with Gasteiger partial charge in [0.25, 0.3) is 0 Å². The molecular weight excluding hydrogens is 247 g/mol. The first-order valence-electron chi connectivity index (χ1n) is 6.43. The summed E-state index contributed by atoms with van der Waals surface area (Å²) in [7, 11) is 1.64. The predicted octanol–water partition coefficient (Wildman–Crippen LogP) is 1.81. The number of ether oxygens (including phenoxy) is 1. The number of halogens is 1. The molecule has 104 valence electrons. The van der Waals surface area contributed by atoms with Crippen LogP contribution < -0.4 is 5.32 Å². The van der Waals surface area contributed by atoms with Crippen LogP contribution in [0, 0.1) is 5.92 Å². The molecule has 1 heterocycles. The minimum absolute atomic E-state index is 0.144. The molecule has 0 saturated carbocycles. The number of nitrogens with one attached hydrogen (secondary N) is 1. The Hall–Kier alpha value is -1.62. The van der Waals surface area contributed by atoms with Crippen LogP contribution in [0.15, 0.2) is 30.3 Å². The third-order valence-corrected chi connectivity index (χ3v) is 3.28. The van der Waals surface area contributed by atoms with Crippen molar-refractivity contribution in [3.05, 3.63) is 35.9 Å². The molecule has 19 heavy (non-hydrogen) atoms. The predicted molar refractivity (Wildman–Crippen MR) is 70.5 cm³/mol. The number of alkyl halides is 1. The van der Waals surface area contributed by atoms with Gasteiger partial charge in [0.1, 0.15) is 12.8 Å². The van der Waals surface area contributed by atoms with E-state index in [2.05, 4.69) is 5.32 Å². The normalized spacial score (nSPS) is 22.2. The van der Waals surface area contributed by atoms with E-state index in [0.717, 1.165) is 5.56 Å². The van der Waals surface area contributed by atoms with Crippen LogP contribution in [0.25, 0.3) is 0 Å². The molecule has 1 N–H and O–H groups in total. The zero-order chi connectivity index (χ0) is 13.7. The van der Waals surface area contributed by atoms with E-state index < -0.39 is 12.3 Å². The molecule has 4 nitrogen and oxygen atoms in total. The van der Waals surface area contributed by atoms with Gasteiger partial charge in [0.2, 0.25) is 0 Å². The van der Waals surface area contributed by atoms with Gasteiger partial charge in [-0.3, -0.25) is 0 Å². The summed E-state index contributed by atoms with van der Waals surface area (Å²) in [5, 5.41) is 2.97. The van der Waals surface area contributed by atoms with Crippen molar-refractivity contribution in [3.8, 4) is 0 Å². The van der Waals surface area contributed by atoms with E-state index in [4.69, 9.17) is 4.74 Å². The standard InChI is InChI=1S/C14H19FN2O2/c1-17(9-12-7-16-8-13(12)15)14(18)19-10-11-5-3-2-4-6-11/h2-6,12-13,16H,7-10H2,1H3/t12-,13-/m0/s1. The number of carbonyl (C=O) groups is 1. The number of amides is 1. The molecule has 1 amide bonds. The Morgan fingerprint density at radius 3 is 2.79 bits per heavy atom. The van der Waals surface area contributed by atoms with E-state index in [1.807, 2.05) is 30.3 Å². The van der Waals surface area contributed by atoms with Crippen molar-refractivity contribution < 1.29 is 13.9 Å². The van der Waals surface area contributed by atoms with Gasteiger partial charge in [-0.15, -0.1) is 0 Å². The van der Waals surface area contributed by atoms with Crippen molar-refractivity contribution in [2.45, 2.75) is 12.8 Å². The Balaban J connectivity index is 1.76. The molecule has 2 rings (SSSR count). The largest absolute Gasteiger partial charge is 0.445 e. The third kappa shape index (κ3) is 3.92. The first-order chi connectivity index (χ1) is 9.16. The summed E-state index contributed by atoms with van der Waals surface area (Å²) in [5.41, 5.74) is 0.940. The molecule has 1 fully saturated rings.